The summed E-state index contributed by atoms with van der Waals surface area (Å²) < 4.78 is 5.27. The fourth-order valence-electron chi connectivity index (χ4n) is 2.71. The largest absolute Gasteiger partial charge is 0.379 e. The van der Waals surface area contributed by atoms with Crippen LogP contribution in [0.25, 0.3) is 0 Å². The Morgan fingerprint density at radius 1 is 1.15 bits per heavy atom. The predicted molar refractivity (Wildman–Crippen MR) is 106 cm³/mol. The number of nitrogens with two attached hydrogens (primary N) is 1. The monoisotopic (exact) mass is 384 g/mol. The lowest BCUT2D eigenvalue weighted by Crippen LogP contribution is -2.48. The highest BCUT2D eigenvalue weighted by atomic mass is 35.5. The van der Waals surface area contributed by atoms with Crippen molar-refractivity contribution in [2.45, 2.75) is 32.2 Å². The minimum absolute atomic E-state index is 0. The number of hydrogen-bond donors (Lipinski definition) is 3. The van der Waals surface area contributed by atoms with E-state index in [1.807, 2.05) is 6.92 Å². The maximum Gasteiger partial charge on any atom is 0.244 e. The van der Waals surface area contributed by atoms with Gasteiger partial charge in [-0.05, 0) is 37.6 Å². The van der Waals surface area contributed by atoms with E-state index in [0.717, 1.165) is 19.5 Å². The first kappa shape index (κ1) is 22.4. The standard InChI is InChI=1S/C18H28N4O3.ClH/c1-3-8-18(2,19)17(24)21-15-6-4-14(5-7-15)20-16(23)13-22-9-11-25-12-10-22;/h4-7H,3,8-13,19H2,1-2H3,(H,20,23)(H,21,24);1H. The third-order valence-electron chi connectivity index (χ3n) is 4.19. The van der Waals surface area contributed by atoms with Crippen molar-refractivity contribution in [2.75, 3.05) is 43.5 Å². The second-order valence-corrected chi connectivity index (χ2v) is 6.64. The molecular weight excluding hydrogens is 356 g/mol. The van der Waals surface area contributed by atoms with Gasteiger partial charge in [-0.3, -0.25) is 14.5 Å². The Labute approximate surface area is 161 Å². The zero-order valence-electron chi connectivity index (χ0n) is 15.4. The van der Waals surface area contributed by atoms with Gasteiger partial charge >= 0.3 is 0 Å². The summed E-state index contributed by atoms with van der Waals surface area (Å²) >= 11 is 0. The van der Waals surface area contributed by atoms with Gasteiger partial charge in [0.1, 0.15) is 0 Å². The second kappa shape index (κ2) is 10.5. The van der Waals surface area contributed by atoms with Crippen molar-refractivity contribution in [1.29, 1.82) is 0 Å². The Balaban J connectivity index is 0.00000338. The highest BCUT2D eigenvalue weighted by Crippen LogP contribution is 2.17. The van der Waals surface area contributed by atoms with Crippen LogP contribution in [0, 0.1) is 0 Å². The number of morpholine rings is 1. The molecule has 0 aromatic heterocycles. The molecular formula is C18H29ClN4O3. The topological polar surface area (TPSA) is 96.7 Å². The van der Waals surface area contributed by atoms with E-state index >= 15 is 0 Å². The molecule has 0 bridgehead atoms. The number of ether oxygens (including phenoxy) is 1. The van der Waals surface area contributed by atoms with Gasteiger partial charge in [0.05, 0.1) is 25.3 Å². The van der Waals surface area contributed by atoms with Gasteiger partial charge in [0.15, 0.2) is 0 Å². The SMILES string of the molecule is CCCC(C)(N)C(=O)Nc1ccc(NC(=O)CN2CCOCC2)cc1.Cl. The van der Waals surface area contributed by atoms with Crippen LogP contribution in [-0.4, -0.2) is 55.1 Å². The maximum absolute atomic E-state index is 12.2. The molecule has 7 nitrogen and oxygen atoms in total. The third-order valence-corrected chi connectivity index (χ3v) is 4.19. The summed E-state index contributed by atoms with van der Waals surface area (Å²) in [6, 6.07) is 7.04. The fraction of sp³-hybridized carbons (Fsp3) is 0.556. The molecule has 1 aromatic carbocycles. The Morgan fingerprint density at radius 3 is 2.23 bits per heavy atom. The third kappa shape index (κ3) is 6.92. The molecule has 0 spiro atoms. The molecule has 146 valence electrons. The van der Waals surface area contributed by atoms with Crippen molar-refractivity contribution < 1.29 is 14.3 Å². The van der Waals surface area contributed by atoms with E-state index in [1.165, 1.54) is 0 Å². The van der Waals surface area contributed by atoms with Crippen molar-refractivity contribution in [3.63, 3.8) is 0 Å². The van der Waals surface area contributed by atoms with Crippen LogP contribution >= 0.6 is 12.4 Å². The van der Waals surface area contributed by atoms with E-state index in [1.54, 1.807) is 31.2 Å². The van der Waals surface area contributed by atoms with Crippen molar-refractivity contribution >= 4 is 35.6 Å². The number of nitrogens with zero attached hydrogens (tertiary/aromatic N) is 1. The molecule has 0 saturated carbocycles. The normalized spacial score (nSPS) is 16.9. The average Bonchev–Trinajstić information content (AvgIpc) is 2.57. The maximum atomic E-state index is 12.2. The van der Waals surface area contributed by atoms with E-state index in [-0.39, 0.29) is 24.2 Å². The van der Waals surface area contributed by atoms with Crippen LogP contribution < -0.4 is 16.4 Å². The number of nitrogens with one attached hydrogen (secondary N) is 2. The molecule has 26 heavy (non-hydrogen) atoms. The zero-order valence-corrected chi connectivity index (χ0v) is 16.2. The number of rotatable bonds is 7. The summed E-state index contributed by atoms with van der Waals surface area (Å²) in [5, 5.41) is 5.68. The Kier molecular flexibility index (Phi) is 9.01. The van der Waals surface area contributed by atoms with Gasteiger partial charge in [0.25, 0.3) is 0 Å². The molecule has 1 fully saturated rings. The minimum atomic E-state index is -0.889. The first-order valence-corrected chi connectivity index (χ1v) is 8.71. The van der Waals surface area contributed by atoms with Gasteiger partial charge in [0.2, 0.25) is 11.8 Å². The predicted octanol–water partition coefficient (Wildman–Crippen LogP) is 1.84. The van der Waals surface area contributed by atoms with Gasteiger partial charge in [-0.1, -0.05) is 13.3 Å². The molecule has 0 radical (unpaired) electrons. The van der Waals surface area contributed by atoms with E-state index in [2.05, 4.69) is 15.5 Å². The Hall–Kier alpha value is -1.67. The average molecular weight is 385 g/mol. The van der Waals surface area contributed by atoms with Gasteiger partial charge in [-0.25, -0.2) is 0 Å². The Morgan fingerprint density at radius 2 is 1.69 bits per heavy atom. The van der Waals surface area contributed by atoms with Crippen molar-refractivity contribution in [3.05, 3.63) is 24.3 Å². The van der Waals surface area contributed by atoms with E-state index in [9.17, 15) is 9.59 Å². The highest BCUT2D eigenvalue weighted by molar-refractivity contribution is 5.98. The van der Waals surface area contributed by atoms with Crippen molar-refractivity contribution in [1.82, 2.24) is 4.90 Å². The van der Waals surface area contributed by atoms with Crippen LogP contribution in [0.3, 0.4) is 0 Å². The van der Waals surface area contributed by atoms with Crippen LogP contribution in [0.5, 0.6) is 0 Å². The Bertz CT molecular complexity index is 587. The quantitative estimate of drug-likeness (QED) is 0.666. The van der Waals surface area contributed by atoms with Crippen LogP contribution in [-0.2, 0) is 14.3 Å². The molecule has 4 N–H and O–H groups in total. The van der Waals surface area contributed by atoms with Gasteiger partial charge < -0.3 is 21.1 Å². The minimum Gasteiger partial charge on any atom is -0.379 e. The van der Waals surface area contributed by atoms with E-state index in [0.29, 0.717) is 37.6 Å². The number of carbonyl (C=O) groups is 2. The molecule has 2 rings (SSSR count). The lowest BCUT2D eigenvalue weighted by atomic mass is 9.96. The van der Waals surface area contributed by atoms with E-state index < -0.39 is 5.54 Å². The molecule has 1 aliphatic rings. The molecule has 1 atom stereocenters. The summed E-state index contributed by atoms with van der Waals surface area (Å²) in [6.07, 6.45) is 1.46. The zero-order chi connectivity index (χ0) is 18.3. The summed E-state index contributed by atoms with van der Waals surface area (Å²) in [4.78, 5) is 26.3. The molecule has 1 aromatic rings. The van der Waals surface area contributed by atoms with Gasteiger partial charge in [0, 0.05) is 24.5 Å². The van der Waals surface area contributed by atoms with Gasteiger partial charge in [-0.15, -0.1) is 12.4 Å². The van der Waals surface area contributed by atoms with Crippen LogP contribution in [0.1, 0.15) is 26.7 Å². The molecule has 0 aliphatic carbocycles. The first-order valence-electron chi connectivity index (χ1n) is 8.71. The lowest BCUT2D eigenvalue weighted by molar-refractivity contribution is -0.121. The number of hydrogen-bond acceptors (Lipinski definition) is 5. The van der Waals surface area contributed by atoms with Crippen LogP contribution in [0.4, 0.5) is 11.4 Å². The number of carbonyl (C=O) groups excluding carboxylic acids is 2. The summed E-state index contributed by atoms with van der Waals surface area (Å²) in [5.41, 5.74) is 6.48. The first-order chi connectivity index (χ1) is 11.9. The van der Waals surface area contributed by atoms with E-state index in [4.69, 9.17) is 10.5 Å². The van der Waals surface area contributed by atoms with Gasteiger partial charge in [-0.2, -0.15) is 0 Å². The summed E-state index contributed by atoms with van der Waals surface area (Å²) in [7, 11) is 0. The fourth-order valence-corrected chi connectivity index (χ4v) is 2.71. The van der Waals surface area contributed by atoms with Crippen LogP contribution in [0.2, 0.25) is 0 Å². The summed E-state index contributed by atoms with van der Waals surface area (Å²) in [5.74, 6) is -0.269. The number of benzene rings is 1. The number of halogens is 1. The molecule has 1 heterocycles. The molecule has 8 heteroatoms. The molecule has 1 aliphatic heterocycles. The highest BCUT2D eigenvalue weighted by Gasteiger charge is 2.27. The molecule has 1 unspecified atom stereocenters. The van der Waals surface area contributed by atoms with Crippen molar-refractivity contribution in [2.24, 2.45) is 5.73 Å². The molecule has 1 saturated heterocycles. The molecule has 2 amide bonds. The number of amides is 2. The number of anilines is 2. The van der Waals surface area contributed by atoms with Crippen LogP contribution in [0.15, 0.2) is 24.3 Å². The summed E-state index contributed by atoms with van der Waals surface area (Å²) in [6.45, 7) is 6.95. The smallest absolute Gasteiger partial charge is 0.244 e. The lowest BCUT2D eigenvalue weighted by Gasteiger charge is -2.25. The second-order valence-electron chi connectivity index (χ2n) is 6.64. The van der Waals surface area contributed by atoms with Crippen molar-refractivity contribution in [3.8, 4) is 0 Å².